The van der Waals surface area contributed by atoms with Gasteiger partial charge in [-0.2, -0.15) is 0 Å². The van der Waals surface area contributed by atoms with Crippen molar-refractivity contribution in [2.24, 2.45) is 5.92 Å². The van der Waals surface area contributed by atoms with Crippen molar-refractivity contribution in [1.82, 2.24) is 10.2 Å². The molecular formula is C20H32N2O3S. The summed E-state index contributed by atoms with van der Waals surface area (Å²) >= 11 is 1.83. The minimum Gasteiger partial charge on any atom is -0.376 e. The molecule has 2 unspecified atom stereocenters. The van der Waals surface area contributed by atoms with E-state index in [2.05, 4.69) is 27.7 Å². The maximum absolute atomic E-state index is 12.2. The molecule has 1 amide bonds. The Hall–Kier alpha value is -0.950. The van der Waals surface area contributed by atoms with Crippen LogP contribution in [0.3, 0.4) is 0 Å². The molecule has 146 valence electrons. The van der Waals surface area contributed by atoms with Crippen molar-refractivity contribution in [3.05, 3.63) is 22.4 Å². The van der Waals surface area contributed by atoms with Crippen molar-refractivity contribution >= 4 is 17.2 Å². The summed E-state index contributed by atoms with van der Waals surface area (Å²) in [6.45, 7) is 7.23. The Morgan fingerprint density at radius 1 is 1.38 bits per heavy atom. The van der Waals surface area contributed by atoms with E-state index >= 15 is 0 Å². The van der Waals surface area contributed by atoms with E-state index in [4.69, 9.17) is 9.47 Å². The number of carbonyl (C=O) groups is 1. The maximum atomic E-state index is 12.2. The van der Waals surface area contributed by atoms with E-state index in [1.54, 1.807) is 0 Å². The number of hydrogen-bond donors (Lipinski definition) is 1. The highest BCUT2D eigenvalue weighted by Gasteiger charge is 2.22. The number of hydrogen-bond acceptors (Lipinski definition) is 5. The third kappa shape index (κ3) is 6.34. The van der Waals surface area contributed by atoms with Crippen LogP contribution in [0.25, 0.3) is 0 Å². The molecule has 1 aromatic heterocycles. The van der Waals surface area contributed by atoms with E-state index in [1.807, 2.05) is 18.3 Å². The molecule has 1 aromatic rings. The third-order valence-electron chi connectivity index (χ3n) is 5.41. The molecule has 1 N–H and O–H groups in total. The molecule has 26 heavy (non-hydrogen) atoms. The van der Waals surface area contributed by atoms with Gasteiger partial charge in [0.1, 0.15) is 6.10 Å². The summed E-state index contributed by atoms with van der Waals surface area (Å²) in [6, 6.07) is 4.32. The number of nitrogens with zero attached hydrogens (tertiary/aromatic N) is 1. The van der Waals surface area contributed by atoms with Gasteiger partial charge in [0.2, 0.25) is 5.91 Å². The minimum atomic E-state index is -0.403. The number of piperidine rings is 1. The van der Waals surface area contributed by atoms with Crippen LogP contribution in [0.15, 0.2) is 17.5 Å². The molecule has 0 saturated carbocycles. The van der Waals surface area contributed by atoms with Crippen LogP contribution in [0, 0.1) is 5.92 Å². The van der Waals surface area contributed by atoms with Gasteiger partial charge in [-0.25, -0.2) is 0 Å². The smallest absolute Gasteiger partial charge is 0.248 e. The largest absolute Gasteiger partial charge is 0.376 e. The van der Waals surface area contributed by atoms with Crippen LogP contribution in [-0.4, -0.2) is 55.9 Å². The zero-order chi connectivity index (χ0) is 18.2. The van der Waals surface area contributed by atoms with E-state index in [0.29, 0.717) is 12.5 Å². The Morgan fingerprint density at radius 2 is 2.23 bits per heavy atom. The molecule has 5 nitrogen and oxygen atoms in total. The van der Waals surface area contributed by atoms with Crippen molar-refractivity contribution in [1.29, 1.82) is 0 Å². The minimum absolute atomic E-state index is 0.00169. The number of carbonyl (C=O) groups excluding carboxylic acids is 1. The molecule has 3 heterocycles. The number of likely N-dealkylation sites (tertiary alicyclic amines) is 1. The first-order chi connectivity index (χ1) is 12.7. The SMILES string of the molecule is CC(OCC1CCCCO1)C(=O)NCC1CCN(Cc2cccs2)CC1. The molecule has 0 spiro atoms. The second kappa shape index (κ2) is 10.4. The zero-order valence-corrected chi connectivity index (χ0v) is 16.6. The zero-order valence-electron chi connectivity index (χ0n) is 15.8. The molecule has 6 heteroatoms. The molecule has 2 atom stereocenters. The fourth-order valence-electron chi connectivity index (χ4n) is 3.63. The fraction of sp³-hybridized carbons (Fsp3) is 0.750. The lowest BCUT2D eigenvalue weighted by Crippen LogP contribution is -2.42. The summed E-state index contributed by atoms with van der Waals surface area (Å²) in [7, 11) is 0. The monoisotopic (exact) mass is 380 g/mol. The molecule has 0 radical (unpaired) electrons. The first-order valence-electron chi connectivity index (χ1n) is 9.96. The predicted molar refractivity (Wildman–Crippen MR) is 104 cm³/mol. The van der Waals surface area contributed by atoms with Crippen molar-refractivity contribution < 1.29 is 14.3 Å². The standard InChI is InChI=1S/C20H32N2O3S/c1-16(25-15-18-5-2-3-11-24-18)20(23)21-13-17-7-9-22(10-8-17)14-19-6-4-12-26-19/h4,6,12,16-18H,2-3,5,7-11,13-15H2,1H3,(H,21,23). The summed E-state index contributed by atoms with van der Waals surface area (Å²) in [6.07, 6.45) is 5.43. The van der Waals surface area contributed by atoms with Gasteiger partial charge in [0, 0.05) is 24.6 Å². The van der Waals surface area contributed by atoms with Crippen LogP contribution in [0.1, 0.15) is 43.9 Å². The summed E-state index contributed by atoms with van der Waals surface area (Å²) in [5, 5.41) is 5.22. The topological polar surface area (TPSA) is 50.8 Å². The van der Waals surface area contributed by atoms with Gasteiger partial charge in [-0.3, -0.25) is 9.69 Å². The molecule has 0 aromatic carbocycles. The predicted octanol–water partition coefficient (Wildman–Crippen LogP) is 3.05. The Bertz CT molecular complexity index is 523. The number of thiophene rings is 1. The second-order valence-electron chi connectivity index (χ2n) is 7.51. The molecule has 2 fully saturated rings. The Balaban J connectivity index is 1.28. The van der Waals surface area contributed by atoms with Gasteiger partial charge >= 0.3 is 0 Å². The lowest BCUT2D eigenvalue weighted by Gasteiger charge is -2.32. The number of nitrogens with one attached hydrogen (secondary N) is 1. The van der Waals surface area contributed by atoms with Crippen LogP contribution in [-0.2, 0) is 20.8 Å². The summed E-state index contributed by atoms with van der Waals surface area (Å²) in [4.78, 5) is 16.2. The van der Waals surface area contributed by atoms with Crippen LogP contribution in [0.4, 0.5) is 0 Å². The highest BCUT2D eigenvalue weighted by molar-refractivity contribution is 7.09. The van der Waals surface area contributed by atoms with E-state index in [0.717, 1.165) is 58.5 Å². The number of ether oxygens (including phenoxy) is 2. The van der Waals surface area contributed by atoms with Gasteiger partial charge in [-0.15, -0.1) is 11.3 Å². The van der Waals surface area contributed by atoms with Crippen LogP contribution in [0.5, 0.6) is 0 Å². The average Bonchev–Trinajstić information content (AvgIpc) is 3.19. The quantitative estimate of drug-likeness (QED) is 0.753. The van der Waals surface area contributed by atoms with E-state index in [1.165, 1.54) is 11.3 Å². The third-order valence-corrected chi connectivity index (χ3v) is 6.27. The normalized spacial score (nSPS) is 23.7. The Morgan fingerprint density at radius 3 is 2.92 bits per heavy atom. The highest BCUT2D eigenvalue weighted by atomic mass is 32.1. The van der Waals surface area contributed by atoms with E-state index in [9.17, 15) is 4.79 Å². The van der Waals surface area contributed by atoms with Crippen LogP contribution in [0.2, 0.25) is 0 Å². The van der Waals surface area contributed by atoms with Crippen molar-refractivity contribution in [3.63, 3.8) is 0 Å². The molecule has 2 saturated heterocycles. The second-order valence-corrected chi connectivity index (χ2v) is 8.54. The van der Waals surface area contributed by atoms with Gasteiger partial charge in [-0.1, -0.05) is 6.07 Å². The Kier molecular flexibility index (Phi) is 7.92. The lowest BCUT2D eigenvalue weighted by atomic mass is 9.96. The molecule has 0 aliphatic carbocycles. The molecule has 0 bridgehead atoms. The molecular weight excluding hydrogens is 348 g/mol. The molecule has 3 rings (SSSR count). The summed E-state index contributed by atoms with van der Waals surface area (Å²) in [5.74, 6) is 0.578. The number of rotatable bonds is 8. The molecule has 2 aliphatic rings. The van der Waals surface area contributed by atoms with Crippen LogP contribution < -0.4 is 5.32 Å². The van der Waals surface area contributed by atoms with E-state index < -0.39 is 6.10 Å². The fourth-order valence-corrected chi connectivity index (χ4v) is 4.37. The lowest BCUT2D eigenvalue weighted by molar-refractivity contribution is -0.135. The van der Waals surface area contributed by atoms with Gasteiger partial charge in [-0.05, 0) is 69.5 Å². The van der Waals surface area contributed by atoms with Gasteiger partial charge < -0.3 is 14.8 Å². The Labute approximate surface area is 161 Å². The van der Waals surface area contributed by atoms with Gasteiger partial charge in [0.15, 0.2) is 0 Å². The first-order valence-corrected chi connectivity index (χ1v) is 10.8. The number of amides is 1. The summed E-state index contributed by atoms with van der Waals surface area (Å²) in [5.41, 5.74) is 0. The van der Waals surface area contributed by atoms with Gasteiger partial charge in [0.25, 0.3) is 0 Å². The maximum Gasteiger partial charge on any atom is 0.248 e. The van der Waals surface area contributed by atoms with Crippen molar-refractivity contribution in [3.8, 4) is 0 Å². The van der Waals surface area contributed by atoms with Gasteiger partial charge in [0.05, 0.1) is 12.7 Å². The first kappa shape index (κ1) is 19.8. The van der Waals surface area contributed by atoms with Crippen molar-refractivity contribution in [2.45, 2.75) is 57.8 Å². The average molecular weight is 381 g/mol. The van der Waals surface area contributed by atoms with Crippen LogP contribution >= 0.6 is 11.3 Å². The summed E-state index contributed by atoms with van der Waals surface area (Å²) < 4.78 is 11.4. The highest BCUT2D eigenvalue weighted by Crippen LogP contribution is 2.20. The molecule has 2 aliphatic heterocycles. The van der Waals surface area contributed by atoms with Crippen molar-refractivity contribution in [2.75, 3.05) is 32.8 Å². The van der Waals surface area contributed by atoms with E-state index in [-0.39, 0.29) is 12.0 Å².